The van der Waals surface area contributed by atoms with E-state index in [1.165, 1.54) is 12.1 Å². The number of hydrogen-bond donors (Lipinski definition) is 0. The monoisotopic (exact) mass is 344 g/mol. The first-order chi connectivity index (χ1) is 10.2. The number of halogens is 1. The number of rotatable bonds is 3. The predicted molar refractivity (Wildman–Crippen MR) is 81.1 cm³/mol. The molecule has 0 atom stereocenters. The van der Waals surface area contributed by atoms with Gasteiger partial charge in [0.05, 0.1) is 10.6 Å². The quantitative estimate of drug-likeness (QED) is 0.537. The molecule has 0 aliphatic rings. The maximum atomic E-state index is 10.7. The van der Waals surface area contributed by atoms with Crippen molar-refractivity contribution < 1.29 is 4.92 Å². The van der Waals surface area contributed by atoms with Crippen LogP contribution in [0.4, 0.5) is 5.69 Å². The summed E-state index contributed by atoms with van der Waals surface area (Å²) in [5, 5.41) is 18.9. The number of non-ortho nitro benzene ring substituents is 1. The lowest BCUT2D eigenvalue weighted by atomic mass is 10.2. The van der Waals surface area contributed by atoms with Gasteiger partial charge in [-0.05, 0) is 28.1 Å². The fraction of sp³-hybridized carbons (Fsp3) is 0. The standard InChI is InChI=1S/C14H9BrN4O2/c15-14-13(10-4-2-1-3-5-10)16-17-18(14)11-6-8-12(9-7-11)19(20)21/h1-9H. The molecule has 0 saturated heterocycles. The fourth-order valence-electron chi connectivity index (χ4n) is 1.92. The van der Waals surface area contributed by atoms with E-state index in [0.717, 1.165) is 5.56 Å². The third-order valence-electron chi connectivity index (χ3n) is 2.97. The molecule has 0 radical (unpaired) electrons. The lowest BCUT2D eigenvalue weighted by Gasteiger charge is -2.02. The lowest BCUT2D eigenvalue weighted by Crippen LogP contribution is -1.97. The van der Waals surface area contributed by atoms with Crippen LogP contribution in [0.5, 0.6) is 0 Å². The van der Waals surface area contributed by atoms with E-state index < -0.39 is 4.92 Å². The molecule has 1 aromatic heterocycles. The van der Waals surface area contributed by atoms with Gasteiger partial charge in [-0.15, -0.1) is 5.10 Å². The molecule has 7 heteroatoms. The first-order valence-corrected chi connectivity index (χ1v) is 6.87. The van der Waals surface area contributed by atoms with Gasteiger partial charge < -0.3 is 0 Å². The van der Waals surface area contributed by atoms with Gasteiger partial charge in [-0.1, -0.05) is 35.5 Å². The molecule has 0 N–H and O–H groups in total. The van der Waals surface area contributed by atoms with E-state index in [1.807, 2.05) is 30.3 Å². The van der Waals surface area contributed by atoms with Gasteiger partial charge in [-0.25, -0.2) is 4.68 Å². The molecule has 6 nitrogen and oxygen atoms in total. The molecule has 0 fully saturated rings. The third-order valence-corrected chi connectivity index (χ3v) is 3.68. The average molecular weight is 345 g/mol. The largest absolute Gasteiger partial charge is 0.269 e. The van der Waals surface area contributed by atoms with E-state index in [-0.39, 0.29) is 5.69 Å². The van der Waals surface area contributed by atoms with Gasteiger partial charge in [0.15, 0.2) is 0 Å². The van der Waals surface area contributed by atoms with Crippen molar-refractivity contribution in [3.8, 4) is 16.9 Å². The number of hydrogen-bond acceptors (Lipinski definition) is 4. The zero-order valence-electron chi connectivity index (χ0n) is 10.7. The van der Waals surface area contributed by atoms with Gasteiger partial charge in [-0.2, -0.15) is 0 Å². The maximum Gasteiger partial charge on any atom is 0.269 e. The number of benzene rings is 2. The van der Waals surface area contributed by atoms with Crippen molar-refractivity contribution in [3.63, 3.8) is 0 Å². The summed E-state index contributed by atoms with van der Waals surface area (Å²) in [6.07, 6.45) is 0. The van der Waals surface area contributed by atoms with E-state index in [4.69, 9.17) is 0 Å². The molecule has 0 unspecified atom stereocenters. The van der Waals surface area contributed by atoms with Gasteiger partial charge in [0, 0.05) is 17.7 Å². The van der Waals surface area contributed by atoms with Gasteiger partial charge in [0.25, 0.3) is 5.69 Å². The van der Waals surface area contributed by atoms with Crippen LogP contribution in [-0.2, 0) is 0 Å². The lowest BCUT2D eigenvalue weighted by molar-refractivity contribution is -0.384. The summed E-state index contributed by atoms with van der Waals surface area (Å²) < 4.78 is 2.29. The zero-order valence-corrected chi connectivity index (χ0v) is 12.3. The first kappa shape index (κ1) is 13.4. The highest BCUT2D eigenvalue weighted by Crippen LogP contribution is 2.28. The highest BCUT2D eigenvalue weighted by atomic mass is 79.9. The highest BCUT2D eigenvalue weighted by molar-refractivity contribution is 9.10. The van der Waals surface area contributed by atoms with Crippen LogP contribution < -0.4 is 0 Å². The molecule has 2 aromatic carbocycles. The second kappa shape index (κ2) is 5.45. The maximum absolute atomic E-state index is 10.7. The van der Waals surface area contributed by atoms with Crippen LogP contribution in [0, 0.1) is 10.1 Å². The van der Waals surface area contributed by atoms with Crippen molar-refractivity contribution in [2.75, 3.05) is 0 Å². The topological polar surface area (TPSA) is 73.8 Å². The molecule has 0 amide bonds. The Labute approximate surface area is 128 Å². The molecule has 0 bridgehead atoms. The van der Waals surface area contributed by atoms with Crippen LogP contribution in [-0.4, -0.2) is 19.9 Å². The number of aromatic nitrogens is 3. The van der Waals surface area contributed by atoms with E-state index >= 15 is 0 Å². The molecule has 0 saturated carbocycles. The molecule has 1 heterocycles. The Bertz CT molecular complexity index is 784. The van der Waals surface area contributed by atoms with E-state index in [0.29, 0.717) is 16.0 Å². The molecule has 104 valence electrons. The van der Waals surface area contributed by atoms with Crippen molar-refractivity contribution in [1.82, 2.24) is 15.0 Å². The summed E-state index contributed by atoms with van der Waals surface area (Å²) in [6, 6.07) is 15.8. The molecule has 3 rings (SSSR count). The summed E-state index contributed by atoms with van der Waals surface area (Å²) in [7, 11) is 0. The minimum absolute atomic E-state index is 0.0401. The Hall–Kier alpha value is -2.54. The van der Waals surface area contributed by atoms with Crippen LogP contribution in [0.15, 0.2) is 59.2 Å². The van der Waals surface area contributed by atoms with E-state index in [1.54, 1.807) is 16.8 Å². The van der Waals surface area contributed by atoms with Gasteiger partial charge in [0.1, 0.15) is 10.3 Å². The average Bonchev–Trinajstić information content (AvgIpc) is 2.90. The van der Waals surface area contributed by atoms with Crippen molar-refractivity contribution in [3.05, 3.63) is 69.3 Å². The molecule has 0 aliphatic carbocycles. The fourth-order valence-corrected chi connectivity index (χ4v) is 2.51. The molecular formula is C14H9BrN4O2. The minimum Gasteiger partial charge on any atom is -0.258 e. The van der Waals surface area contributed by atoms with Crippen LogP contribution in [0.1, 0.15) is 0 Å². The van der Waals surface area contributed by atoms with Crippen LogP contribution >= 0.6 is 15.9 Å². The molecular weight excluding hydrogens is 336 g/mol. The molecule has 3 aromatic rings. The van der Waals surface area contributed by atoms with Gasteiger partial charge >= 0.3 is 0 Å². The van der Waals surface area contributed by atoms with Crippen molar-refractivity contribution >= 4 is 21.6 Å². The Morgan fingerprint density at radius 2 is 1.71 bits per heavy atom. The van der Waals surface area contributed by atoms with Crippen molar-refractivity contribution in [1.29, 1.82) is 0 Å². The number of nitrogens with zero attached hydrogens (tertiary/aromatic N) is 4. The van der Waals surface area contributed by atoms with Crippen LogP contribution in [0.25, 0.3) is 16.9 Å². The second-order valence-electron chi connectivity index (χ2n) is 4.28. The normalized spacial score (nSPS) is 10.5. The van der Waals surface area contributed by atoms with Gasteiger partial charge in [-0.3, -0.25) is 10.1 Å². The minimum atomic E-state index is -0.435. The van der Waals surface area contributed by atoms with Crippen LogP contribution in [0.2, 0.25) is 0 Å². The summed E-state index contributed by atoms with van der Waals surface area (Å²) in [6.45, 7) is 0. The molecule has 21 heavy (non-hydrogen) atoms. The second-order valence-corrected chi connectivity index (χ2v) is 5.03. The highest BCUT2D eigenvalue weighted by Gasteiger charge is 2.14. The predicted octanol–water partition coefficient (Wildman–Crippen LogP) is 3.61. The SMILES string of the molecule is O=[N+]([O-])c1ccc(-n2nnc(-c3ccccc3)c2Br)cc1. The Kier molecular flexibility index (Phi) is 3.49. The van der Waals surface area contributed by atoms with E-state index in [9.17, 15) is 10.1 Å². The molecule has 0 spiro atoms. The van der Waals surface area contributed by atoms with Gasteiger partial charge in [0.2, 0.25) is 0 Å². The summed E-state index contributed by atoms with van der Waals surface area (Å²) in [5.41, 5.74) is 2.40. The summed E-state index contributed by atoms with van der Waals surface area (Å²) in [5.74, 6) is 0. The number of nitro groups is 1. The van der Waals surface area contributed by atoms with Crippen molar-refractivity contribution in [2.24, 2.45) is 0 Å². The van der Waals surface area contributed by atoms with Crippen LogP contribution in [0.3, 0.4) is 0 Å². The zero-order chi connectivity index (χ0) is 14.8. The van der Waals surface area contributed by atoms with Crippen molar-refractivity contribution in [2.45, 2.75) is 0 Å². The molecule has 0 aliphatic heterocycles. The summed E-state index contributed by atoms with van der Waals surface area (Å²) >= 11 is 3.48. The Morgan fingerprint density at radius 1 is 1.05 bits per heavy atom. The Morgan fingerprint density at radius 3 is 2.33 bits per heavy atom. The first-order valence-electron chi connectivity index (χ1n) is 6.08. The number of nitro benzene ring substituents is 1. The summed E-state index contributed by atoms with van der Waals surface area (Å²) in [4.78, 5) is 10.2. The Balaban J connectivity index is 2.01. The van der Waals surface area contributed by atoms with E-state index in [2.05, 4.69) is 26.2 Å². The third kappa shape index (κ3) is 2.55. The smallest absolute Gasteiger partial charge is 0.258 e.